The van der Waals surface area contributed by atoms with Gasteiger partial charge < -0.3 is 9.64 Å². The number of imide groups is 1. The predicted octanol–water partition coefficient (Wildman–Crippen LogP) is 2.34. The second kappa shape index (κ2) is 7.71. The number of morpholine rings is 1. The summed E-state index contributed by atoms with van der Waals surface area (Å²) in [6.07, 6.45) is 4.83. The number of nitro groups is 1. The van der Waals surface area contributed by atoms with Gasteiger partial charge >= 0.3 is 0 Å². The summed E-state index contributed by atoms with van der Waals surface area (Å²) >= 11 is 0. The average Bonchev–Trinajstić information content (AvgIpc) is 2.99. The number of nitro benzene ring substituents is 1. The Kier molecular flexibility index (Phi) is 5.13. The zero-order valence-corrected chi connectivity index (χ0v) is 15.6. The number of hydrogen-bond acceptors (Lipinski definition) is 6. The lowest BCUT2D eigenvalue weighted by atomic mass is 9.94. The molecule has 1 aliphatic carbocycles. The minimum atomic E-state index is -0.475. The topological polar surface area (TPSA) is 93.0 Å². The zero-order valence-electron chi connectivity index (χ0n) is 15.6. The first kappa shape index (κ1) is 18.6. The molecule has 28 heavy (non-hydrogen) atoms. The van der Waals surface area contributed by atoms with E-state index in [1.54, 1.807) is 12.1 Å². The Morgan fingerprint density at radius 1 is 0.964 bits per heavy atom. The number of benzene rings is 1. The van der Waals surface area contributed by atoms with Crippen LogP contribution in [0.2, 0.25) is 0 Å². The van der Waals surface area contributed by atoms with Gasteiger partial charge in [-0.1, -0.05) is 19.3 Å². The Morgan fingerprint density at radius 3 is 2.21 bits per heavy atom. The quantitative estimate of drug-likeness (QED) is 0.449. The Morgan fingerprint density at radius 2 is 1.61 bits per heavy atom. The van der Waals surface area contributed by atoms with Crippen LogP contribution in [0.15, 0.2) is 30.0 Å². The van der Waals surface area contributed by atoms with E-state index < -0.39 is 4.92 Å². The van der Waals surface area contributed by atoms with E-state index in [1.807, 2.05) is 4.90 Å². The summed E-state index contributed by atoms with van der Waals surface area (Å²) in [4.78, 5) is 40.5. The van der Waals surface area contributed by atoms with Crippen LogP contribution >= 0.6 is 0 Å². The van der Waals surface area contributed by atoms with Gasteiger partial charge in [0.1, 0.15) is 5.70 Å². The number of carbonyl (C=O) groups excluding carboxylic acids is 2. The number of rotatable bonds is 4. The Bertz CT molecular complexity index is 821. The Balaban J connectivity index is 1.74. The Labute approximate surface area is 162 Å². The van der Waals surface area contributed by atoms with Crippen molar-refractivity contribution in [3.05, 3.63) is 45.6 Å². The van der Waals surface area contributed by atoms with Gasteiger partial charge in [-0.2, -0.15) is 0 Å². The van der Waals surface area contributed by atoms with Crippen molar-refractivity contribution in [2.24, 2.45) is 0 Å². The van der Waals surface area contributed by atoms with E-state index in [0.29, 0.717) is 43.1 Å². The molecule has 2 heterocycles. The molecule has 0 spiro atoms. The van der Waals surface area contributed by atoms with Gasteiger partial charge in [0.25, 0.3) is 17.5 Å². The molecule has 2 fully saturated rings. The van der Waals surface area contributed by atoms with E-state index in [9.17, 15) is 19.7 Å². The lowest BCUT2D eigenvalue weighted by Crippen LogP contribution is -2.45. The van der Waals surface area contributed by atoms with Crippen LogP contribution in [-0.4, -0.2) is 58.9 Å². The second-order valence-corrected chi connectivity index (χ2v) is 7.40. The fraction of sp³-hybridized carbons (Fsp3) is 0.500. The molecule has 0 radical (unpaired) electrons. The fourth-order valence-electron chi connectivity index (χ4n) is 4.30. The van der Waals surface area contributed by atoms with E-state index in [2.05, 4.69) is 0 Å². The van der Waals surface area contributed by atoms with Crippen LogP contribution in [0.1, 0.15) is 37.7 Å². The van der Waals surface area contributed by atoms with Gasteiger partial charge in [0.15, 0.2) is 0 Å². The monoisotopic (exact) mass is 385 g/mol. The summed E-state index contributed by atoms with van der Waals surface area (Å²) in [6, 6.07) is 5.80. The highest BCUT2D eigenvalue weighted by Gasteiger charge is 2.45. The largest absolute Gasteiger partial charge is 0.378 e. The molecule has 1 saturated carbocycles. The molecule has 148 valence electrons. The molecular formula is C20H23N3O5. The molecule has 2 aliphatic heterocycles. The third-order valence-electron chi connectivity index (χ3n) is 5.72. The minimum Gasteiger partial charge on any atom is -0.378 e. The van der Waals surface area contributed by atoms with Crippen LogP contribution in [0.3, 0.4) is 0 Å². The van der Waals surface area contributed by atoms with Gasteiger partial charge in [0.2, 0.25) is 0 Å². The number of ether oxygens (including phenoxy) is 1. The summed E-state index contributed by atoms with van der Waals surface area (Å²) in [5.41, 5.74) is 1.27. The van der Waals surface area contributed by atoms with Crippen LogP contribution in [-0.2, 0) is 14.3 Å². The van der Waals surface area contributed by atoms with Crippen LogP contribution in [0, 0.1) is 10.1 Å². The van der Waals surface area contributed by atoms with Gasteiger partial charge in [-0.25, -0.2) is 0 Å². The van der Waals surface area contributed by atoms with Crippen molar-refractivity contribution in [1.29, 1.82) is 0 Å². The van der Waals surface area contributed by atoms with E-state index in [4.69, 9.17) is 4.74 Å². The molecule has 0 N–H and O–H groups in total. The molecule has 3 aliphatic rings. The number of carbonyl (C=O) groups is 2. The maximum atomic E-state index is 13.3. The molecular weight excluding hydrogens is 362 g/mol. The number of hydrogen-bond donors (Lipinski definition) is 0. The summed E-state index contributed by atoms with van der Waals surface area (Å²) < 4.78 is 5.40. The standard InChI is InChI=1S/C20H23N3O5/c24-19-17(14-6-8-16(9-7-14)23(26)27)18(21-10-12-28-13-11-21)20(25)22(19)15-4-2-1-3-5-15/h6-9,15H,1-5,10-13H2. The summed E-state index contributed by atoms with van der Waals surface area (Å²) in [6.45, 7) is 2.09. The van der Waals surface area contributed by atoms with Crippen LogP contribution < -0.4 is 0 Å². The Hall–Kier alpha value is -2.74. The first-order chi connectivity index (χ1) is 13.6. The number of non-ortho nitro benzene ring substituents is 1. The van der Waals surface area contributed by atoms with E-state index in [-0.39, 0.29) is 23.5 Å². The van der Waals surface area contributed by atoms with E-state index in [1.165, 1.54) is 17.0 Å². The van der Waals surface area contributed by atoms with Gasteiger partial charge in [-0.15, -0.1) is 0 Å². The number of nitrogens with zero attached hydrogens (tertiary/aromatic N) is 3. The summed E-state index contributed by atoms with van der Waals surface area (Å²) in [5, 5.41) is 11.0. The zero-order chi connectivity index (χ0) is 19.7. The molecule has 1 saturated heterocycles. The van der Waals surface area contributed by atoms with E-state index in [0.717, 1.165) is 32.1 Å². The van der Waals surface area contributed by atoms with Gasteiger partial charge in [0, 0.05) is 31.3 Å². The molecule has 8 nitrogen and oxygen atoms in total. The average molecular weight is 385 g/mol. The third kappa shape index (κ3) is 3.28. The van der Waals surface area contributed by atoms with Crippen molar-refractivity contribution in [1.82, 2.24) is 9.80 Å². The van der Waals surface area contributed by atoms with Crippen LogP contribution in [0.4, 0.5) is 5.69 Å². The van der Waals surface area contributed by atoms with Crippen molar-refractivity contribution in [2.75, 3.05) is 26.3 Å². The van der Waals surface area contributed by atoms with Gasteiger partial charge in [-0.05, 0) is 30.5 Å². The van der Waals surface area contributed by atoms with Crippen LogP contribution in [0.5, 0.6) is 0 Å². The summed E-state index contributed by atoms with van der Waals surface area (Å²) in [5.74, 6) is -0.528. The lowest BCUT2D eigenvalue weighted by Gasteiger charge is -2.32. The first-order valence-electron chi connectivity index (χ1n) is 9.77. The normalized spacial score (nSPS) is 21.6. The molecule has 4 rings (SSSR count). The minimum absolute atomic E-state index is 0.0434. The number of amides is 2. The van der Waals surface area contributed by atoms with Crippen LogP contribution in [0.25, 0.3) is 5.57 Å². The maximum absolute atomic E-state index is 13.3. The lowest BCUT2D eigenvalue weighted by molar-refractivity contribution is -0.384. The SMILES string of the molecule is O=C1C(c2ccc([N+](=O)[O-])cc2)=C(N2CCOCC2)C(=O)N1C1CCCCC1. The second-order valence-electron chi connectivity index (χ2n) is 7.40. The molecule has 2 amide bonds. The van der Waals surface area contributed by atoms with Crippen molar-refractivity contribution < 1.29 is 19.2 Å². The fourth-order valence-corrected chi connectivity index (χ4v) is 4.30. The molecule has 0 aromatic heterocycles. The first-order valence-corrected chi connectivity index (χ1v) is 9.77. The molecule has 0 bridgehead atoms. The molecule has 0 atom stereocenters. The van der Waals surface area contributed by atoms with Gasteiger partial charge in [-0.3, -0.25) is 24.6 Å². The smallest absolute Gasteiger partial charge is 0.278 e. The molecule has 1 aromatic rings. The van der Waals surface area contributed by atoms with E-state index >= 15 is 0 Å². The highest BCUT2D eigenvalue weighted by molar-refractivity contribution is 6.35. The summed E-state index contributed by atoms with van der Waals surface area (Å²) in [7, 11) is 0. The van der Waals surface area contributed by atoms with Crippen molar-refractivity contribution in [3.8, 4) is 0 Å². The van der Waals surface area contributed by atoms with Crippen molar-refractivity contribution in [3.63, 3.8) is 0 Å². The highest BCUT2D eigenvalue weighted by Crippen LogP contribution is 2.36. The maximum Gasteiger partial charge on any atom is 0.278 e. The molecule has 8 heteroatoms. The predicted molar refractivity (Wildman–Crippen MR) is 101 cm³/mol. The van der Waals surface area contributed by atoms with Gasteiger partial charge in [0.05, 0.1) is 23.7 Å². The van der Waals surface area contributed by atoms with Crippen molar-refractivity contribution in [2.45, 2.75) is 38.1 Å². The van der Waals surface area contributed by atoms with Crippen molar-refractivity contribution >= 4 is 23.1 Å². The molecule has 0 unspecified atom stereocenters. The third-order valence-corrected chi connectivity index (χ3v) is 5.72. The highest BCUT2D eigenvalue weighted by atomic mass is 16.6. The molecule has 1 aromatic carbocycles.